The number of methoxy groups -OCH3 is 2. The topological polar surface area (TPSA) is 41.9 Å². The van der Waals surface area contributed by atoms with Crippen molar-refractivity contribution in [3.8, 4) is 0 Å². The van der Waals surface area contributed by atoms with Crippen molar-refractivity contribution in [3.05, 3.63) is 0 Å². The number of aliphatic hydroxyl groups is 1. The molecule has 1 fully saturated rings. The number of ether oxygens (including phenoxy) is 2. The molecule has 1 unspecified atom stereocenters. The summed E-state index contributed by atoms with van der Waals surface area (Å²) in [5.41, 5.74) is 0. The zero-order valence-corrected chi connectivity index (χ0v) is 9.32. The van der Waals surface area contributed by atoms with E-state index in [1.54, 1.807) is 14.2 Å². The maximum atomic E-state index is 8.77. The first kappa shape index (κ1) is 11.9. The van der Waals surface area contributed by atoms with Crippen LogP contribution in [-0.2, 0) is 9.47 Å². The molecule has 0 radical (unpaired) electrons. The molecule has 0 spiro atoms. The molecule has 1 heterocycles. The smallest absolute Gasteiger partial charge is 0.193 e. The van der Waals surface area contributed by atoms with Crippen LogP contribution in [0.2, 0.25) is 0 Å². The molecule has 1 aliphatic heterocycles. The fourth-order valence-electron chi connectivity index (χ4n) is 1.86. The van der Waals surface area contributed by atoms with Gasteiger partial charge in [-0.05, 0) is 12.3 Å². The van der Waals surface area contributed by atoms with Crippen molar-refractivity contribution < 1.29 is 14.6 Å². The number of hydrogen-bond donors (Lipinski definition) is 1. The molecule has 1 atom stereocenters. The minimum absolute atomic E-state index is 0.273. The molecule has 1 N–H and O–H groups in total. The monoisotopic (exact) mass is 203 g/mol. The maximum Gasteiger partial charge on any atom is 0.193 e. The third-order valence-electron chi connectivity index (χ3n) is 2.86. The van der Waals surface area contributed by atoms with Crippen LogP contribution >= 0.6 is 0 Å². The van der Waals surface area contributed by atoms with E-state index < -0.39 is 0 Å². The van der Waals surface area contributed by atoms with E-state index in [0.717, 1.165) is 26.1 Å². The normalized spacial score (nSPS) is 23.1. The Balaban J connectivity index is 2.20. The van der Waals surface area contributed by atoms with Gasteiger partial charge in [-0.1, -0.05) is 6.92 Å². The van der Waals surface area contributed by atoms with Gasteiger partial charge in [0.15, 0.2) is 5.79 Å². The van der Waals surface area contributed by atoms with Gasteiger partial charge in [0.25, 0.3) is 0 Å². The van der Waals surface area contributed by atoms with Crippen molar-refractivity contribution in [2.45, 2.75) is 19.1 Å². The molecule has 84 valence electrons. The van der Waals surface area contributed by atoms with Crippen molar-refractivity contribution in [2.24, 2.45) is 5.92 Å². The predicted octanol–water partition coefficient (Wildman–Crippen LogP) is 0.310. The van der Waals surface area contributed by atoms with Crippen LogP contribution in [-0.4, -0.2) is 56.3 Å². The highest BCUT2D eigenvalue weighted by Gasteiger charge is 2.43. The average molecular weight is 203 g/mol. The van der Waals surface area contributed by atoms with Crippen LogP contribution in [0.15, 0.2) is 0 Å². The van der Waals surface area contributed by atoms with Gasteiger partial charge >= 0.3 is 0 Å². The van der Waals surface area contributed by atoms with Crippen LogP contribution in [0.3, 0.4) is 0 Å². The molecular weight excluding hydrogens is 182 g/mol. The fraction of sp³-hybridized carbons (Fsp3) is 1.00. The van der Waals surface area contributed by atoms with E-state index in [0.29, 0.717) is 5.92 Å². The lowest BCUT2D eigenvalue weighted by Gasteiger charge is -2.48. The molecule has 1 aliphatic rings. The van der Waals surface area contributed by atoms with Crippen molar-refractivity contribution in [1.29, 1.82) is 0 Å². The van der Waals surface area contributed by atoms with Crippen molar-refractivity contribution in [3.63, 3.8) is 0 Å². The van der Waals surface area contributed by atoms with Gasteiger partial charge in [-0.25, -0.2) is 0 Å². The number of likely N-dealkylation sites (tertiary alicyclic amines) is 1. The summed E-state index contributed by atoms with van der Waals surface area (Å²) in [4.78, 5) is 2.29. The number of nitrogens with zero attached hydrogens (tertiary/aromatic N) is 1. The van der Waals surface area contributed by atoms with Crippen LogP contribution in [0.1, 0.15) is 13.3 Å². The summed E-state index contributed by atoms with van der Waals surface area (Å²) < 4.78 is 10.6. The maximum absolute atomic E-state index is 8.77. The van der Waals surface area contributed by atoms with Crippen LogP contribution < -0.4 is 0 Å². The van der Waals surface area contributed by atoms with E-state index in [9.17, 15) is 0 Å². The molecule has 4 nitrogen and oxygen atoms in total. The van der Waals surface area contributed by atoms with Crippen molar-refractivity contribution in [1.82, 2.24) is 4.90 Å². The van der Waals surface area contributed by atoms with Crippen LogP contribution in [0, 0.1) is 5.92 Å². The first-order valence-electron chi connectivity index (χ1n) is 5.09. The van der Waals surface area contributed by atoms with E-state index in [2.05, 4.69) is 11.8 Å². The van der Waals surface area contributed by atoms with Crippen LogP contribution in [0.25, 0.3) is 0 Å². The molecule has 1 rings (SSSR count). The minimum Gasteiger partial charge on any atom is -0.396 e. The van der Waals surface area contributed by atoms with Gasteiger partial charge in [-0.2, -0.15) is 0 Å². The van der Waals surface area contributed by atoms with Crippen molar-refractivity contribution >= 4 is 0 Å². The first-order valence-corrected chi connectivity index (χ1v) is 5.09. The molecule has 0 bridgehead atoms. The van der Waals surface area contributed by atoms with Gasteiger partial charge in [0, 0.05) is 27.4 Å². The van der Waals surface area contributed by atoms with Gasteiger partial charge in [-0.3, -0.25) is 4.90 Å². The average Bonchev–Trinajstić information content (AvgIpc) is 2.11. The zero-order chi connectivity index (χ0) is 10.6. The van der Waals surface area contributed by atoms with E-state index in [-0.39, 0.29) is 12.4 Å². The highest BCUT2D eigenvalue weighted by atomic mass is 16.7. The Morgan fingerprint density at radius 1 is 1.36 bits per heavy atom. The second-order valence-corrected chi connectivity index (χ2v) is 4.11. The Kier molecular flexibility index (Phi) is 4.31. The zero-order valence-electron chi connectivity index (χ0n) is 9.32. The second kappa shape index (κ2) is 5.07. The lowest BCUT2D eigenvalue weighted by atomic mass is 10.0. The Labute approximate surface area is 85.8 Å². The molecule has 0 aromatic rings. The molecule has 1 saturated heterocycles. The largest absolute Gasteiger partial charge is 0.396 e. The number of aliphatic hydroxyl groups excluding tert-OH is 1. The predicted molar refractivity (Wildman–Crippen MR) is 54.1 cm³/mol. The summed E-state index contributed by atoms with van der Waals surface area (Å²) in [6, 6.07) is 0. The highest BCUT2D eigenvalue weighted by molar-refractivity contribution is 4.89. The molecule has 0 amide bonds. The third-order valence-corrected chi connectivity index (χ3v) is 2.86. The second-order valence-electron chi connectivity index (χ2n) is 4.11. The minimum atomic E-state index is -0.376. The van der Waals surface area contributed by atoms with E-state index in [4.69, 9.17) is 14.6 Å². The Hall–Kier alpha value is -0.160. The molecule has 0 aliphatic carbocycles. The summed E-state index contributed by atoms with van der Waals surface area (Å²) in [5, 5.41) is 8.77. The van der Waals surface area contributed by atoms with Gasteiger partial charge in [0.1, 0.15) is 0 Å². The SMILES string of the molecule is COC1(OC)CN(CC(C)CCO)C1. The van der Waals surface area contributed by atoms with Crippen LogP contribution in [0.5, 0.6) is 0 Å². The molecule has 4 heteroatoms. The molecule has 0 saturated carbocycles. The Bertz CT molecular complexity index is 163. The van der Waals surface area contributed by atoms with E-state index >= 15 is 0 Å². The molecule has 0 aromatic carbocycles. The molecule has 14 heavy (non-hydrogen) atoms. The first-order chi connectivity index (χ1) is 6.65. The quantitative estimate of drug-likeness (QED) is 0.631. The Morgan fingerprint density at radius 2 is 1.93 bits per heavy atom. The van der Waals surface area contributed by atoms with Gasteiger partial charge < -0.3 is 14.6 Å². The third kappa shape index (κ3) is 2.67. The lowest BCUT2D eigenvalue weighted by Crippen LogP contribution is -2.64. The molecular formula is C10H21NO3. The summed E-state index contributed by atoms with van der Waals surface area (Å²) in [6.07, 6.45) is 0.865. The van der Waals surface area contributed by atoms with Gasteiger partial charge in [0.05, 0.1) is 13.1 Å². The fourth-order valence-corrected chi connectivity index (χ4v) is 1.86. The van der Waals surface area contributed by atoms with E-state index in [1.807, 2.05) is 0 Å². The Morgan fingerprint density at radius 3 is 2.36 bits per heavy atom. The summed E-state index contributed by atoms with van der Waals surface area (Å²) in [6.45, 7) is 5.09. The standard InChI is InChI=1S/C10H21NO3/c1-9(4-5-12)6-11-7-10(8-11,13-2)14-3/h9,12H,4-8H2,1-3H3. The summed E-state index contributed by atoms with van der Waals surface area (Å²) >= 11 is 0. The summed E-state index contributed by atoms with van der Waals surface area (Å²) in [5.74, 6) is 0.158. The van der Waals surface area contributed by atoms with Gasteiger partial charge in [-0.15, -0.1) is 0 Å². The number of hydrogen-bond acceptors (Lipinski definition) is 4. The van der Waals surface area contributed by atoms with E-state index in [1.165, 1.54) is 0 Å². The van der Waals surface area contributed by atoms with Crippen molar-refractivity contribution in [2.75, 3.05) is 40.5 Å². The van der Waals surface area contributed by atoms with Gasteiger partial charge in [0.2, 0.25) is 0 Å². The highest BCUT2D eigenvalue weighted by Crippen LogP contribution is 2.26. The summed E-state index contributed by atoms with van der Waals surface area (Å²) in [7, 11) is 3.36. The van der Waals surface area contributed by atoms with Crippen LogP contribution in [0.4, 0.5) is 0 Å². The molecule has 0 aromatic heterocycles. The lowest BCUT2D eigenvalue weighted by molar-refractivity contribution is -0.276. The number of rotatable bonds is 6.